The van der Waals surface area contributed by atoms with Gasteiger partial charge in [-0.05, 0) is 24.3 Å². The number of nitrogens with two attached hydrogens (primary N) is 1. The number of carbonyl (C=O) groups excluding carboxylic acids is 2. The number of rotatable bonds is 2. The molecular formula is C17H13Cl2N5O3. The Bertz CT molecular complexity index is 1150. The number of fused-ring (bicyclic) bond motifs is 2. The molecule has 0 atom stereocenters. The lowest BCUT2D eigenvalue weighted by Gasteiger charge is -2.00. The summed E-state index contributed by atoms with van der Waals surface area (Å²) in [5.74, 6) is -0.901. The van der Waals surface area contributed by atoms with Gasteiger partial charge in [0.05, 0.1) is 51.7 Å². The first-order valence-electron chi connectivity index (χ1n) is 7.55. The van der Waals surface area contributed by atoms with E-state index in [0.717, 1.165) is 5.39 Å². The Morgan fingerprint density at radius 3 is 1.89 bits per heavy atom. The van der Waals surface area contributed by atoms with Crippen molar-refractivity contribution in [2.75, 3.05) is 7.11 Å². The molecule has 138 valence electrons. The Hall–Kier alpha value is -3.10. The highest BCUT2D eigenvalue weighted by molar-refractivity contribution is 6.36. The number of primary amides is 1. The summed E-state index contributed by atoms with van der Waals surface area (Å²) in [6.45, 7) is 0. The number of hydrogen-bond acceptors (Lipinski definition) is 5. The molecule has 4 rings (SSSR count). The minimum absolute atomic E-state index is 0.400. The van der Waals surface area contributed by atoms with Crippen LogP contribution >= 0.6 is 23.2 Å². The van der Waals surface area contributed by atoms with Gasteiger partial charge in [0, 0.05) is 10.8 Å². The topological polar surface area (TPSA) is 127 Å². The Balaban J connectivity index is 0.000000156. The first kappa shape index (κ1) is 18.7. The van der Waals surface area contributed by atoms with Crippen molar-refractivity contribution in [2.45, 2.75) is 0 Å². The lowest BCUT2D eigenvalue weighted by molar-refractivity contribution is 0.0602. The first-order chi connectivity index (χ1) is 12.9. The monoisotopic (exact) mass is 405 g/mol. The second kappa shape index (κ2) is 7.65. The highest BCUT2D eigenvalue weighted by Gasteiger charge is 2.13. The number of amides is 1. The van der Waals surface area contributed by atoms with Crippen molar-refractivity contribution in [2.24, 2.45) is 5.73 Å². The van der Waals surface area contributed by atoms with Crippen molar-refractivity contribution in [1.82, 2.24) is 20.4 Å². The number of aromatic amines is 2. The van der Waals surface area contributed by atoms with E-state index in [1.165, 1.54) is 7.11 Å². The molecule has 0 bridgehead atoms. The van der Waals surface area contributed by atoms with Crippen LogP contribution in [0.1, 0.15) is 20.7 Å². The molecule has 0 fully saturated rings. The highest BCUT2D eigenvalue weighted by Crippen LogP contribution is 2.25. The molecule has 2 aromatic carbocycles. The maximum absolute atomic E-state index is 11.3. The van der Waals surface area contributed by atoms with Gasteiger partial charge in [0.15, 0.2) is 0 Å². The van der Waals surface area contributed by atoms with E-state index in [-0.39, 0.29) is 0 Å². The quantitative estimate of drug-likeness (QED) is 0.440. The number of nitrogens with one attached hydrogen (secondary N) is 2. The Kier molecular flexibility index (Phi) is 5.29. The summed E-state index contributed by atoms with van der Waals surface area (Å²) in [6.07, 6.45) is 3.13. The molecule has 2 aromatic heterocycles. The zero-order valence-electron chi connectivity index (χ0n) is 13.9. The molecule has 8 nitrogen and oxygen atoms in total. The van der Waals surface area contributed by atoms with Gasteiger partial charge in [-0.2, -0.15) is 10.2 Å². The third-order valence-corrected chi connectivity index (χ3v) is 4.45. The highest BCUT2D eigenvalue weighted by atomic mass is 35.5. The van der Waals surface area contributed by atoms with E-state index in [1.807, 2.05) is 0 Å². The number of benzene rings is 2. The summed E-state index contributed by atoms with van der Waals surface area (Å²) in [5, 5.41) is 15.5. The number of methoxy groups -OCH3 is 1. The number of ether oxygens (including phenoxy) is 1. The molecule has 2 heterocycles. The Morgan fingerprint density at radius 1 is 0.926 bits per heavy atom. The first-order valence-corrected chi connectivity index (χ1v) is 8.31. The predicted molar refractivity (Wildman–Crippen MR) is 102 cm³/mol. The van der Waals surface area contributed by atoms with E-state index in [0.29, 0.717) is 37.6 Å². The van der Waals surface area contributed by atoms with Crippen molar-refractivity contribution in [3.8, 4) is 0 Å². The van der Waals surface area contributed by atoms with Gasteiger partial charge < -0.3 is 10.5 Å². The normalized spacial score (nSPS) is 10.5. The molecule has 0 aliphatic carbocycles. The summed E-state index contributed by atoms with van der Waals surface area (Å²) in [6, 6.07) is 6.45. The van der Waals surface area contributed by atoms with E-state index in [2.05, 4.69) is 25.1 Å². The van der Waals surface area contributed by atoms with Gasteiger partial charge in [0.2, 0.25) is 0 Å². The van der Waals surface area contributed by atoms with Crippen molar-refractivity contribution < 1.29 is 14.3 Å². The fourth-order valence-electron chi connectivity index (χ4n) is 2.49. The van der Waals surface area contributed by atoms with Crippen LogP contribution in [0.4, 0.5) is 0 Å². The fraction of sp³-hybridized carbons (Fsp3) is 0.0588. The fourth-order valence-corrected chi connectivity index (χ4v) is 2.90. The van der Waals surface area contributed by atoms with Crippen molar-refractivity contribution in [1.29, 1.82) is 0 Å². The van der Waals surface area contributed by atoms with Gasteiger partial charge in [0.1, 0.15) is 0 Å². The van der Waals surface area contributed by atoms with Gasteiger partial charge in [-0.15, -0.1) is 0 Å². The number of esters is 1. The molecule has 0 spiro atoms. The van der Waals surface area contributed by atoms with Crippen LogP contribution in [0.3, 0.4) is 0 Å². The van der Waals surface area contributed by atoms with Gasteiger partial charge >= 0.3 is 5.97 Å². The van der Waals surface area contributed by atoms with Crippen LogP contribution < -0.4 is 5.73 Å². The molecule has 0 radical (unpaired) electrons. The lowest BCUT2D eigenvalue weighted by atomic mass is 10.1. The zero-order chi connectivity index (χ0) is 19.6. The maximum atomic E-state index is 11.3. The molecule has 27 heavy (non-hydrogen) atoms. The summed E-state index contributed by atoms with van der Waals surface area (Å²) in [4.78, 5) is 22.3. The van der Waals surface area contributed by atoms with Crippen LogP contribution in [0, 0.1) is 0 Å². The zero-order valence-corrected chi connectivity index (χ0v) is 15.4. The molecule has 0 saturated carbocycles. The largest absolute Gasteiger partial charge is 0.465 e. The molecular weight excluding hydrogens is 393 g/mol. The minimum Gasteiger partial charge on any atom is -0.465 e. The van der Waals surface area contributed by atoms with Crippen molar-refractivity contribution in [3.63, 3.8) is 0 Å². The lowest BCUT2D eigenvalue weighted by Crippen LogP contribution is -2.11. The smallest absolute Gasteiger partial charge is 0.340 e. The van der Waals surface area contributed by atoms with Crippen molar-refractivity contribution >= 4 is 56.9 Å². The van der Waals surface area contributed by atoms with Crippen LogP contribution in [0.15, 0.2) is 36.7 Å². The van der Waals surface area contributed by atoms with Gasteiger partial charge in [-0.1, -0.05) is 23.2 Å². The second-order valence-corrected chi connectivity index (χ2v) is 6.18. The predicted octanol–water partition coefficient (Wildman–Crippen LogP) is 3.32. The SMILES string of the molecule is COC(=O)c1ccc(Cl)c2cn[nH]c12.NC(=O)c1ccc(Cl)c2cn[nH]c12. The molecule has 10 heteroatoms. The van der Waals surface area contributed by atoms with Gasteiger partial charge in [0.25, 0.3) is 5.91 Å². The van der Waals surface area contributed by atoms with Crippen LogP contribution in [0.2, 0.25) is 10.0 Å². The summed E-state index contributed by atoms with van der Waals surface area (Å²) in [7, 11) is 1.33. The third-order valence-electron chi connectivity index (χ3n) is 3.80. The standard InChI is InChI=1S/C9H7ClN2O2.C8H6ClN3O/c1-14-9(13)5-2-3-7(10)6-4-11-12-8(5)6;9-6-2-1-4(8(10)13)7-5(6)3-11-12-7/h2-4H,1H3,(H,11,12);1-3H,(H2,10,13)(H,11,12). The van der Waals surface area contributed by atoms with Crippen LogP contribution in [0.25, 0.3) is 21.8 Å². The number of aromatic nitrogens is 4. The number of halogens is 2. The van der Waals surface area contributed by atoms with E-state index in [1.54, 1.807) is 36.7 Å². The molecule has 0 saturated heterocycles. The van der Waals surface area contributed by atoms with Crippen LogP contribution in [-0.4, -0.2) is 39.4 Å². The van der Waals surface area contributed by atoms with E-state index in [4.69, 9.17) is 28.9 Å². The average Bonchev–Trinajstić information content (AvgIpc) is 3.32. The van der Waals surface area contributed by atoms with Crippen LogP contribution in [-0.2, 0) is 4.74 Å². The summed E-state index contributed by atoms with van der Waals surface area (Å²) < 4.78 is 4.62. The second-order valence-electron chi connectivity index (χ2n) is 5.36. The summed E-state index contributed by atoms with van der Waals surface area (Å²) in [5.41, 5.74) is 7.18. The molecule has 4 aromatic rings. The van der Waals surface area contributed by atoms with Crippen LogP contribution in [0.5, 0.6) is 0 Å². The van der Waals surface area contributed by atoms with Gasteiger partial charge in [-0.25, -0.2) is 4.79 Å². The average molecular weight is 406 g/mol. The number of nitrogens with zero attached hydrogens (tertiary/aromatic N) is 2. The number of H-pyrrole nitrogens is 2. The molecule has 1 amide bonds. The number of hydrogen-bond donors (Lipinski definition) is 3. The molecule has 0 aliphatic rings. The third kappa shape index (κ3) is 3.57. The minimum atomic E-state index is -0.495. The summed E-state index contributed by atoms with van der Waals surface area (Å²) >= 11 is 11.8. The van der Waals surface area contributed by atoms with E-state index in [9.17, 15) is 9.59 Å². The molecule has 0 aliphatic heterocycles. The Morgan fingerprint density at radius 2 is 1.41 bits per heavy atom. The molecule has 4 N–H and O–H groups in total. The van der Waals surface area contributed by atoms with Crippen molar-refractivity contribution in [3.05, 3.63) is 57.8 Å². The van der Waals surface area contributed by atoms with Gasteiger partial charge in [-0.3, -0.25) is 15.0 Å². The Labute approximate surface area is 162 Å². The van der Waals surface area contributed by atoms with E-state index < -0.39 is 11.9 Å². The molecule has 0 unspecified atom stereocenters. The van der Waals surface area contributed by atoms with E-state index >= 15 is 0 Å². The maximum Gasteiger partial charge on any atom is 0.340 e. The number of carbonyl (C=O) groups is 2.